The van der Waals surface area contributed by atoms with E-state index >= 15 is 0 Å². The number of nitrogens with one attached hydrogen (secondary N) is 1. The number of ketones is 1. The van der Waals surface area contributed by atoms with Crippen LogP contribution in [0.1, 0.15) is 40.9 Å². The van der Waals surface area contributed by atoms with E-state index in [1.54, 1.807) is 6.20 Å². The van der Waals surface area contributed by atoms with Gasteiger partial charge in [-0.05, 0) is 42.3 Å². The lowest BCUT2D eigenvalue weighted by Gasteiger charge is -2.05. The van der Waals surface area contributed by atoms with Crippen molar-refractivity contribution >= 4 is 23.0 Å². The van der Waals surface area contributed by atoms with Gasteiger partial charge in [0.15, 0.2) is 5.78 Å². The van der Waals surface area contributed by atoms with Crippen molar-refractivity contribution in [1.82, 2.24) is 10.3 Å². The Kier molecular flexibility index (Phi) is 6.77. The van der Waals surface area contributed by atoms with E-state index in [9.17, 15) is 9.59 Å². The average molecular weight is 316 g/mol. The zero-order chi connectivity index (χ0) is 15.6. The fourth-order valence-corrected chi connectivity index (χ4v) is 2.82. The number of carbonyl (C=O) groups excluding carboxylic acids is 2. The number of pyridine rings is 1. The fraction of sp³-hybridized carbons (Fsp3) is 0.353. The van der Waals surface area contributed by atoms with E-state index < -0.39 is 0 Å². The van der Waals surface area contributed by atoms with Crippen molar-refractivity contribution in [3.63, 3.8) is 0 Å². The van der Waals surface area contributed by atoms with E-state index in [1.807, 2.05) is 35.8 Å². The number of thiophene rings is 1. The first-order chi connectivity index (χ1) is 10.8. The van der Waals surface area contributed by atoms with Crippen LogP contribution in [0.3, 0.4) is 0 Å². The number of hydrogen-bond donors (Lipinski definition) is 1. The third kappa shape index (κ3) is 5.77. The maximum absolute atomic E-state index is 11.8. The zero-order valence-corrected chi connectivity index (χ0v) is 13.3. The quantitative estimate of drug-likeness (QED) is 0.571. The van der Waals surface area contributed by atoms with Crippen LogP contribution in [-0.4, -0.2) is 23.2 Å². The van der Waals surface area contributed by atoms with Crippen LogP contribution in [0.4, 0.5) is 0 Å². The summed E-state index contributed by atoms with van der Waals surface area (Å²) < 4.78 is 0. The number of amides is 1. The smallest absolute Gasteiger partial charge is 0.220 e. The summed E-state index contributed by atoms with van der Waals surface area (Å²) in [6.45, 7) is 0.659. The second-order valence-electron chi connectivity index (χ2n) is 5.07. The Bertz CT molecular complexity index is 582. The van der Waals surface area contributed by atoms with Crippen molar-refractivity contribution in [3.8, 4) is 0 Å². The predicted molar refractivity (Wildman–Crippen MR) is 88.1 cm³/mol. The molecule has 0 spiro atoms. The molecule has 0 aliphatic carbocycles. The van der Waals surface area contributed by atoms with E-state index in [0.29, 0.717) is 25.8 Å². The van der Waals surface area contributed by atoms with E-state index in [4.69, 9.17) is 0 Å². The molecule has 5 heteroatoms. The molecule has 0 bridgehead atoms. The molecule has 0 fully saturated rings. The van der Waals surface area contributed by atoms with Gasteiger partial charge in [-0.25, -0.2) is 0 Å². The molecule has 0 saturated carbocycles. The Labute approximate surface area is 134 Å². The lowest BCUT2D eigenvalue weighted by molar-refractivity contribution is -0.121. The van der Waals surface area contributed by atoms with E-state index in [2.05, 4.69) is 10.3 Å². The van der Waals surface area contributed by atoms with Crippen molar-refractivity contribution in [2.45, 2.75) is 32.1 Å². The summed E-state index contributed by atoms with van der Waals surface area (Å²) >= 11 is 1.45. The Morgan fingerprint density at radius 1 is 1.14 bits per heavy atom. The average Bonchev–Trinajstić information content (AvgIpc) is 3.07. The number of nitrogens with zero attached hydrogens (tertiary/aromatic N) is 1. The normalized spacial score (nSPS) is 10.4. The molecule has 0 aromatic carbocycles. The predicted octanol–water partition coefficient (Wildman–Crippen LogP) is 3.25. The molecule has 1 N–H and O–H groups in total. The zero-order valence-electron chi connectivity index (χ0n) is 12.5. The van der Waals surface area contributed by atoms with E-state index in [1.165, 1.54) is 16.9 Å². The van der Waals surface area contributed by atoms with Gasteiger partial charge in [0.2, 0.25) is 5.91 Å². The number of carbonyl (C=O) groups is 2. The van der Waals surface area contributed by atoms with Crippen LogP contribution in [0.25, 0.3) is 0 Å². The van der Waals surface area contributed by atoms with Gasteiger partial charge in [0.05, 0.1) is 4.88 Å². The Morgan fingerprint density at radius 3 is 2.77 bits per heavy atom. The van der Waals surface area contributed by atoms with E-state index in [-0.39, 0.29) is 11.7 Å². The molecule has 2 rings (SSSR count). The highest BCUT2D eigenvalue weighted by atomic mass is 32.1. The number of aryl methyl sites for hydroxylation is 1. The first-order valence-electron chi connectivity index (χ1n) is 7.48. The number of hydrogen-bond acceptors (Lipinski definition) is 4. The van der Waals surface area contributed by atoms with Crippen molar-refractivity contribution in [2.75, 3.05) is 6.54 Å². The molecule has 1 amide bonds. The maximum Gasteiger partial charge on any atom is 0.220 e. The molecular formula is C17H20N2O2S. The van der Waals surface area contributed by atoms with Crippen molar-refractivity contribution in [3.05, 3.63) is 52.5 Å². The summed E-state index contributed by atoms with van der Waals surface area (Å²) in [7, 11) is 0. The molecule has 4 nitrogen and oxygen atoms in total. The van der Waals surface area contributed by atoms with Gasteiger partial charge in [0.1, 0.15) is 0 Å². The van der Waals surface area contributed by atoms with Gasteiger partial charge >= 0.3 is 0 Å². The molecule has 0 saturated heterocycles. The Morgan fingerprint density at radius 2 is 2.05 bits per heavy atom. The van der Waals surface area contributed by atoms with Gasteiger partial charge < -0.3 is 5.32 Å². The van der Waals surface area contributed by atoms with Gasteiger partial charge in [0, 0.05) is 31.8 Å². The summed E-state index contributed by atoms with van der Waals surface area (Å²) in [5.41, 5.74) is 1.18. The van der Waals surface area contributed by atoms with Gasteiger partial charge in [-0.2, -0.15) is 0 Å². The molecule has 0 radical (unpaired) electrons. The van der Waals surface area contributed by atoms with Crippen LogP contribution in [-0.2, 0) is 11.2 Å². The van der Waals surface area contributed by atoms with Crippen molar-refractivity contribution < 1.29 is 9.59 Å². The highest BCUT2D eigenvalue weighted by Crippen LogP contribution is 2.12. The molecule has 2 heterocycles. The van der Waals surface area contributed by atoms with Crippen molar-refractivity contribution in [1.29, 1.82) is 0 Å². The van der Waals surface area contributed by atoms with Gasteiger partial charge in [-0.15, -0.1) is 11.3 Å². The number of Topliss-reactive ketones (excluding diaryl/α,β-unsaturated/α-hetero) is 1. The molecular weight excluding hydrogens is 296 g/mol. The van der Waals surface area contributed by atoms with Crippen LogP contribution < -0.4 is 5.32 Å². The lowest BCUT2D eigenvalue weighted by Crippen LogP contribution is -2.24. The van der Waals surface area contributed by atoms with Crippen LogP contribution in [0.2, 0.25) is 0 Å². The second kappa shape index (κ2) is 9.10. The topological polar surface area (TPSA) is 59.1 Å². The minimum atomic E-state index is 0.0187. The second-order valence-corrected chi connectivity index (χ2v) is 6.02. The van der Waals surface area contributed by atoms with Crippen molar-refractivity contribution in [2.24, 2.45) is 0 Å². The molecule has 2 aromatic rings. The fourth-order valence-electron chi connectivity index (χ4n) is 2.12. The SMILES string of the molecule is O=C(CCCC(=O)c1cccs1)NCCCc1cccnc1. The van der Waals surface area contributed by atoms with Gasteiger partial charge in [-0.1, -0.05) is 12.1 Å². The third-order valence-corrected chi connectivity index (χ3v) is 4.20. The minimum absolute atomic E-state index is 0.0187. The van der Waals surface area contributed by atoms with E-state index in [0.717, 1.165) is 17.7 Å². The largest absolute Gasteiger partial charge is 0.356 e. The molecule has 116 valence electrons. The Balaban J connectivity index is 1.54. The molecule has 22 heavy (non-hydrogen) atoms. The molecule has 0 atom stereocenters. The minimum Gasteiger partial charge on any atom is -0.356 e. The third-order valence-electron chi connectivity index (χ3n) is 3.29. The van der Waals surface area contributed by atoms with Gasteiger partial charge in [-0.3, -0.25) is 14.6 Å². The highest BCUT2D eigenvalue weighted by molar-refractivity contribution is 7.12. The summed E-state index contributed by atoms with van der Waals surface area (Å²) in [4.78, 5) is 28.3. The monoisotopic (exact) mass is 316 g/mol. The summed E-state index contributed by atoms with van der Waals surface area (Å²) in [6.07, 6.45) is 6.84. The molecule has 0 aliphatic rings. The first-order valence-corrected chi connectivity index (χ1v) is 8.36. The molecule has 0 unspecified atom stereocenters. The van der Waals surface area contributed by atoms with Crippen LogP contribution in [0.5, 0.6) is 0 Å². The lowest BCUT2D eigenvalue weighted by atomic mass is 10.1. The first kappa shape index (κ1) is 16.4. The highest BCUT2D eigenvalue weighted by Gasteiger charge is 2.08. The standard InChI is InChI=1S/C17H20N2O2S/c20-15(16-8-4-12-22-16)7-1-9-17(21)19-11-3-6-14-5-2-10-18-13-14/h2,4-5,8,10,12-13H,1,3,6-7,9,11H2,(H,19,21). The maximum atomic E-state index is 11.8. The van der Waals surface area contributed by atoms with Crippen LogP contribution in [0.15, 0.2) is 42.0 Å². The number of aromatic nitrogens is 1. The Hall–Kier alpha value is -2.01. The molecule has 0 aliphatic heterocycles. The summed E-state index contributed by atoms with van der Waals surface area (Å²) in [5, 5.41) is 4.78. The van der Waals surface area contributed by atoms with Gasteiger partial charge in [0.25, 0.3) is 0 Å². The summed E-state index contributed by atoms with van der Waals surface area (Å²) in [5.74, 6) is 0.143. The number of rotatable bonds is 9. The molecule has 2 aromatic heterocycles. The van der Waals surface area contributed by atoms with Crippen LogP contribution in [0, 0.1) is 0 Å². The van der Waals surface area contributed by atoms with Crippen LogP contribution >= 0.6 is 11.3 Å². The summed E-state index contributed by atoms with van der Waals surface area (Å²) in [6, 6.07) is 7.64.